The van der Waals surface area contributed by atoms with Gasteiger partial charge >= 0.3 is 0 Å². The van der Waals surface area contributed by atoms with Gasteiger partial charge in [0.25, 0.3) is 0 Å². The largest absolute Gasteiger partial charge is 0.395 e. The van der Waals surface area contributed by atoms with Gasteiger partial charge in [0, 0.05) is 38.0 Å². The highest BCUT2D eigenvalue weighted by molar-refractivity contribution is 5.86. The van der Waals surface area contributed by atoms with E-state index in [9.17, 15) is 0 Å². The summed E-state index contributed by atoms with van der Waals surface area (Å²) in [5, 5.41) is 26.8. The lowest BCUT2D eigenvalue weighted by molar-refractivity contribution is 0.253. The summed E-state index contributed by atoms with van der Waals surface area (Å²) in [6.45, 7) is 10.4. The van der Waals surface area contributed by atoms with Crippen LogP contribution in [0.2, 0.25) is 0 Å². The van der Waals surface area contributed by atoms with Crippen LogP contribution in [0.3, 0.4) is 0 Å². The van der Waals surface area contributed by atoms with Crippen LogP contribution in [0.5, 0.6) is 0 Å². The number of aliphatic imine (C=N–C) groups is 2. The quantitative estimate of drug-likeness (QED) is 0.545. The molecule has 0 saturated heterocycles. The van der Waals surface area contributed by atoms with Crippen molar-refractivity contribution < 1.29 is 10.2 Å². The maximum atomic E-state index is 9.10. The van der Waals surface area contributed by atoms with Gasteiger partial charge in [0.15, 0.2) is 0 Å². The molecule has 0 amide bonds. The molecule has 0 aromatic rings. The summed E-state index contributed by atoms with van der Waals surface area (Å²) in [5.74, 6) is 2.50. The Morgan fingerprint density at radius 2 is 1.28 bits per heavy atom. The number of halogens is 1. The van der Waals surface area contributed by atoms with Crippen molar-refractivity contribution in [1.82, 2.24) is 9.80 Å². The highest BCUT2D eigenvalue weighted by Gasteiger charge is 2.23. The van der Waals surface area contributed by atoms with Crippen molar-refractivity contribution in [2.24, 2.45) is 32.0 Å². The molecule has 2 aliphatic rings. The van der Waals surface area contributed by atoms with Gasteiger partial charge in [-0.1, -0.05) is 13.8 Å². The first-order valence-electron chi connectivity index (χ1n) is 8.81. The summed E-state index contributed by atoms with van der Waals surface area (Å²) in [6.07, 6.45) is 0. The molecule has 0 radical (unpaired) electrons. The Kier molecular flexibility index (Phi) is 9.92. The lowest BCUT2D eigenvalue weighted by atomic mass is 10.1. The Morgan fingerprint density at radius 3 is 1.64 bits per heavy atom. The van der Waals surface area contributed by atoms with Crippen LogP contribution in [0, 0.1) is 11.8 Å². The Balaban J connectivity index is 0.00000312. The van der Waals surface area contributed by atoms with Crippen molar-refractivity contribution in [3.63, 3.8) is 0 Å². The first kappa shape index (κ1) is 21.8. The molecular formula is C16H31ClN6O2. The minimum atomic E-state index is 0. The van der Waals surface area contributed by atoms with E-state index in [1.807, 2.05) is 0 Å². The highest BCUT2D eigenvalue weighted by Crippen LogP contribution is 2.13. The predicted molar refractivity (Wildman–Crippen MR) is 102 cm³/mol. The van der Waals surface area contributed by atoms with Crippen LogP contribution in [-0.4, -0.2) is 97.3 Å². The number of nitrogens with zero attached hydrogens (tertiary/aromatic N) is 6. The van der Waals surface area contributed by atoms with E-state index in [1.54, 1.807) is 0 Å². The lowest BCUT2D eigenvalue weighted by Crippen LogP contribution is -2.35. The normalized spacial score (nSPS) is 19.8. The number of aliphatic hydroxyl groups excluding tert-OH is 2. The summed E-state index contributed by atoms with van der Waals surface area (Å²) >= 11 is 0. The maximum absolute atomic E-state index is 9.10. The van der Waals surface area contributed by atoms with E-state index in [0.29, 0.717) is 26.2 Å². The SMILES string of the molecule is CC(CN=NCC(C)C1=NCCN1CCO)C1=NCCN1CCO.Cl. The Bertz CT molecular complexity index is 443. The van der Waals surface area contributed by atoms with Crippen LogP contribution in [0.15, 0.2) is 20.2 Å². The smallest absolute Gasteiger partial charge is 0.104 e. The molecule has 0 saturated carbocycles. The Labute approximate surface area is 156 Å². The number of rotatable bonds is 10. The van der Waals surface area contributed by atoms with E-state index in [0.717, 1.165) is 37.9 Å². The molecule has 2 N–H and O–H groups in total. The molecule has 2 rings (SSSR count). The molecule has 0 fully saturated rings. The lowest BCUT2D eigenvalue weighted by Gasteiger charge is -2.23. The van der Waals surface area contributed by atoms with E-state index in [4.69, 9.17) is 10.2 Å². The van der Waals surface area contributed by atoms with Crippen LogP contribution in [0.1, 0.15) is 13.8 Å². The maximum Gasteiger partial charge on any atom is 0.104 e. The number of hydrogen-bond donors (Lipinski definition) is 2. The molecule has 9 heteroatoms. The van der Waals surface area contributed by atoms with E-state index in [2.05, 4.69) is 43.9 Å². The topological polar surface area (TPSA) is 96.4 Å². The zero-order valence-electron chi connectivity index (χ0n) is 15.2. The van der Waals surface area contributed by atoms with E-state index in [1.165, 1.54) is 0 Å². The van der Waals surface area contributed by atoms with Gasteiger partial charge < -0.3 is 20.0 Å². The minimum absolute atomic E-state index is 0. The Morgan fingerprint density at radius 1 is 0.880 bits per heavy atom. The van der Waals surface area contributed by atoms with E-state index in [-0.39, 0.29) is 37.5 Å². The molecule has 0 aliphatic carbocycles. The van der Waals surface area contributed by atoms with Gasteiger partial charge in [0.05, 0.1) is 39.4 Å². The number of aliphatic hydroxyl groups is 2. The summed E-state index contributed by atoms with van der Waals surface area (Å²) in [5.41, 5.74) is 0. The number of hydrogen-bond acceptors (Lipinski definition) is 8. The molecule has 25 heavy (non-hydrogen) atoms. The molecular weight excluding hydrogens is 344 g/mol. The van der Waals surface area contributed by atoms with Crippen molar-refractivity contribution in [3.8, 4) is 0 Å². The molecule has 2 unspecified atom stereocenters. The average Bonchev–Trinajstić information content (AvgIpc) is 3.21. The molecule has 0 aromatic heterocycles. The van der Waals surface area contributed by atoms with Gasteiger partial charge in [-0.15, -0.1) is 12.4 Å². The highest BCUT2D eigenvalue weighted by atomic mass is 35.5. The first-order valence-corrected chi connectivity index (χ1v) is 8.81. The van der Waals surface area contributed by atoms with Crippen molar-refractivity contribution in [2.75, 3.05) is 65.6 Å². The summed E-state index contributed by atoms with van der Waals surface area (Å²) in [6, 6.07) is 0. The third-order valence-corrected chi connectivity index (χ3v) is 4.37. The summed E-state index contributed by atoms with van der Waals surface area (Å²) in [7, 11) is 0. The van der Waals surface area contributed by atoms with Crippen LogP contribution in [0.25, 0.3) is 0 Å². The first-order chi connectivity index (χ1) is 11.7. The van der Waals surface area contributed by atoms with E-state index < -0.39 is 0 Å². The average molecular weight is 375 g/mol. The van der Waals surface area contributed by atoms with Gasteiger partial charge in [0.1, 0.15) is 11.7 Å². The molecule has 2 atom stereocenters. The van der Waals surface area contributed by atoms with Crippen molar-refractivity contribution in [3.05, 3.63) is 0 Å². The zero-order chi connectivity index (χ0) is 17.4. The monoisotopic (exact) mass is 374 g/mol. The Hall–Kier alpha value is -1.25. The van der Waals surface area contributed by atoms with Gasteiger partial charge in [-0.05, 0) is 0 Å². The van der Waals surface area contributed by atoms with Crippen LogP contribution in [0.4, 0.5) is 0 Å². The fourth-order valence-electron chi connectivity index (χ4n) is 3.15. The van der Waals surface area contributed by atoms with Gasteiger partial charge in [-0.25, -0.2) is 0 Å². The molecule has 2 aliphatic heterocycles. The fourth-order valence-corrected chi connectivity index (χ4v) is 3.15. The predicted octanol–water partition coefficient (Wildman–Crippen LogP) is 0.545. The summed E-state index contributed by atoms with van der Waals surface area (Å²) < 4.78 is 0. The molecule has 8 nitrogen and oxygen atoms in total. The van der Waals surface area contributed by atoms with Crippen molar-refractivity contribution in [2.45, 2.75) is 13.8 Å². The van der Waals surface area contributed by atoms with Gasteiger partial charge in [0.2, 0.25) is 0 Å². The second kappa shape index (κ2) is 11.4. The molecule has 0 spiro atoms. The van der Waals surface area contributed by atoms with Crippen LogP contribution < -0.4 is 0 Å². The standard InChI is InChI=1S/C16H30N6O2.ClH/c1-13(15-17-3-5-21(15)7-9-23)11-19-20-12-14(2)16-18-4-6-22(16)8-10-24;/h13-14,23-24H,3-12H2,1-2H3;1H. The second-order valence-electron chi connectivity index (χ2n) is 6.35. The van der Waals surface area contributed by atoms with Crippen molar-refractivity contribution in [1.29, 1.82) is 0 Å². The van der Waals surface area contributed by atoms with Gasteiger partial charge in [-0.2, -0.15) is 10.2 Å². The third-order valence-electron chi connectivity index (χ3n) is 4.37. The van der Waals surface area contributed by atoms with Crippen LogP contribution in [-0.2, 0) is 0 Å². The van der Waals surface area contributed by atoms with Gasteiger partial charge in [-0.3, -0.25) is 9.98 Å². The summed E-state index contributed by atoms with van der Waals surface area (Å²) in [4.78, 5) is 13.3. The molecule has 0 aromatic carbocycles. The minimum Gasteiger partial charge on any atom is -0.395 e. The number of amidine groups is 2. The number of azo groups is 1. The van der Waals surface area contributed by atoms with Crippen LogP contribution >= 0.6 is 12.4 Å². The molecule has 144 valence electrons. The molecule has 0 bridgehead atoms. The fraction of sp³-hybridized carbons (Fsp3) is 0.875. The number of β-amino-alcohol motifs (C(OH)–C–C–N with tert-alkyl or cyclic N) is 2. The molecule has 2 heterocycles. The zero-order valence-corrected chi connectivity index (χ0v) is 16.0. The second-order valence-corrected chi connectivity index (χ2v) is 6.35. The third kappa shape index (κ3) is 6.20. The van der Waals surface area contributed by atoms with E-state index >= 15 is 0 Å². The van der Waals surface area contributed by atoms with Crippen molar-refractivity contribution >= 4 is 24.1 Å².